The van der Waals surface area contributed by atoms with Crippen LogP contribution in [0.5, 0.6) is 0 Å². The van der Waals surface area contributed by atoms with Crippen molar-refractivity contribution in [3.8, 4) is 0 Å². The summed E-state index contributed by atoms with van der Waals surface area (Å²) in [6.07, 6.45) is 15.0. The van der Waals surface area contributed by atoms with Gasteiger partial charge in [-0.25, -0.2) is 0 Å². The summed E-state index contributed by atoms with van der Waals surface area (Å²) in [6, 6.07) is 0.807. The van der Waals surface area contributed by atoms with Crippen LogP contribution in [0, 0.1) is 23.2 Å². The van der Waals surface area contributed by atoms with E-state index in [2.05, 4.69) is 19.2 Å². The number of hydrogen-bond acceptors (Lipinski definition) is 1. The highest BCUT2D eigenvalue weighted by Crippen LogP contribution is 2.61. The summed E-state index contributed by atoms with van der Waals surface area (Å²) in [6.45, 7) is 5.86. The standard InChI is InChI=1S/C18H33N/c1-3-5-17(19-6-4-2)13-18-10-14-7-15(11-18)9-16(8-14)12-18/h14-17,19H,3-13H2,1-2H3. The van der Waals surface area contributed by atoms with Gasteiger partial charge in [0.15, 0.2) is 0 Å². The third-order valence-electron chi connectivity index (χ3n) is 6.16. The highest BCUT2D eigenvalue weighted by atomic mass is 14.9. The average molecular weight is 263 g/mol. The third-order valence-corrected chi connectivity index (χ3v) is 6.16. The Morgan fingerprint density at radius 3 is 2.00 bits per heavy atom. The van der Waals surface area contributed by atoms with E-state index >= 15 is 0 Å². The monoisotopic (exact) mass is 263 g/mol. The maximum atomic E-state index is 3.85. The molecule has 0 aliphatic heterocycles. The van der Waals surface area contributed by atoms with Gasteiger partial charge in [0.25, 0.3) is 0 Å². The van der Waals surface area contributed by atoms with E-state index in [0.717, 1.165) is 29.2 Å². The summed E-state index contributed by atoms with van der Waals surface area (Å²) in [5.74, 6) is 3.33. The van der Waals surface area contributed by atoms with Crippen molar-refractivity contribution in [2.24, 2.45) is 23.2 Å². The Hall–Kier alpha value is -0.0400. The van der Waals surface area contributed by atoms with Gasteiger partial charge in [-0.05, 0) is 87.5 Å². The Morgan fingerprint density at radius 1 is 0.947 bits per heavy atom. The maximum absolute atomic E-state index is 3.85. The molecule has 1 nitrogen and oxygen atoms in total. The minimum absolute atomic E-state index is 0.759. The highest BCUT2D eigenvalue weighted by molar-refractivity contribution is 5.02. The highest BCUT2D eigenvalue weighted by Gasteiger charge is 2.51. The van der Waals surface area contributed by atoms with Gasteiger partial charge >= 0.3 is 0 Å². The molecule has 0 aromatic rings. The lowest BCUT2D eigenvalue weighted by Gasteiger charge is -2.57. The Balaban J connectivity index is 1.63. The van der Waals surface area contributed by atoms with Gasteiger partial charge in [0.2, 0.25) is 0 Å². The van der Waals surface area contributed by atoms with E-state index in [1.165, 1.54) is 32.2 Å². The summed E-state index contributed by atoms with van der Waals surface area (Å²) in [5.41, 5.74) is 0.759. The zero-order valence-electron chi connectivity index (χ0n) is 13.1. The Kier molecular flexibility index (Phi) is 4.22. The van der Waals surface area contributed by atoms with E-state index in [9.17, 15) is 0 Å². The summed E-state index contributed by atoms with van der Waals surface area (Å²) in [4.78, 5) is 0. The molecule has 1 N–H and O–H groups in total. The van der Waals surface area contributed by atoms with Gasteiger partial charge < -0.3 is 5.32 Å². The second-order valence-corrected chi connectivity index (χ2v) is 8.06. The van der Waals surface area contributed by atoms with Crippen LogP contribution in [0.2, 0.25) is 0 Å². The van der Waals surface area contributed by atoms with Crippen molar-refractivity contribution in [1.82, 2.24) is 5.32 Å². The molecule has 0 amide bonds. The molecule has 1 atom stereocenters. The molecular weight excluding hydrogens is 230 g/mol. The zero-order valence-corrected chi connectivity index (χ0v) is 13.1. The predicted molar refractivity (Wildman–Crippen MR) is 82.2 cm³/mol. The van der Waals surface area contributed by atoms with Crippen LogP contribution in [-0.4, -0.2) is 12.6 Å². The van der Waals surface area contributed by atoms with Crippen molar-refractivity contribution >= 4 is 0 Å². The molecule has 0 heterocycles. The lowest BCUT2D eigenvalue weighted by molar-refractivity contribution is -0.0623. The lowest BCUT2D eigenvalue weighted by atomic mass is 9.48. The van der Waals surface area contributed by atoms with Crippen LogP contribution < -0.4 is 5.32 Å². The van der Waals surface area contributed by atoms with Crippen molar-refractivity contribution in [1.29, 1.82) is 0 Å². The van der Waals surface area contributed by atoms with Crippen molar-refractivity contribution < 1.29 is 0 Å². The second kappa shape index (κ2) is 5.76. The van der Waals surface area contributed by atoms with Crippen molar-refractivity contribution in [3.05, 3.63) is 0 Å². The molecule has 4 rings (SSSR count). The molecule has 0 aromatic carbocycles. The molecular formula is C18H33N. The molecule has 4 saturated carbocycles. The van der Waals surface area contributed by atoms with E-state index in [-0.39, 0.29) is 0 Å². The fraction of sp³-hybridized carbons (Fsp3) is 1.00. The molecule has 1 unspecified atom stereocenters. The molecule has 4 fully saturated rings. The fourth-order valence-electron chi connectivity index (χ4n) is 6.04. The van der Waals surface area contributed by atoms with Crippen LogP contribution in [-0.2, 0) is 0 Å². The first kappa shape index (κ1) is 13.9. The van der Waals surface area contributed by atoms with E-state index in [1.54, 1.807) is 38.5 Å². The zero-order chi connectivity index (χ0) is 13.3. The smallest absolute Gasteiger partial charge is 0.00722 e. The van der Waals surface area contributed by atoms with Gasteiger partial charge in [0.1, 0.15) is 0 Å². The topological polar surface area (TPSA) is 12.0 Å². The first-order valence-corrected chi connectivity index (χ1v) is 8.96. The van der Waals surface area contributed by atoms with Gasteiger partial charge in [-0.15, -0.1) is 0 Å². The number of nitrogens with one attached hydrogen (secondary N) is 1. The van der Waals surface area contributed by atoms with E-state index in [1.807, 2.05) is 0 Å². The molecule has 4 bridgehead atoms. The van der Waals surface area contributed by atoms with Crippen LogP contribution >= 0.6 is 0 Å². The molecule has 4 aliphatic carbocycles. The quantitative estimate of drug-likeness (QED) is 0.698. The molecule has 0 aromatic heterocycles. The second-order valence-electron chi connectivity index (χ2n) is 8.06. The first-order valence-electron chi connectivity index (χ1n) is 8.96. The largest absolute Gasteiger partial charge is 0.314 e. The average Bonchev–Trinajstić information content (AvgIpc) is 2.34. The van der Waals surface area contributed by atoms with Crippen LogP contribution in [0.15, 0.2) is 0 Å². The van der Waals surface area contributed by atoms with Crippen molar-refractivity contribution in [2.75, 3.05) is 6.54 Å². The molecule has 19 heavy (non-hydrogen) atoms. The summed E-state index contributed by atoms with van der Waals surface area (Å²) in [7, 11) is 0. The minimum atomic E-state index is 0.759. The molecule has 110 valence electrons. The van der Waals surface area contributed by atoms with Crippen LogP contribution in [0.3, 0.4) is 0 Å². The summed E-state index contributed by atoms with van der Waals surface area (Å²) in [5, 5.41) is 3.85. The Labute approximate surface area is 119 Å². The Bertz CT molecular complexity index is 261. The maximum Gasteiger partial charge on any atom is 0.00722 e. The van der Waals surface area contributed by atoms with Gasteiger partial charge in [-0.2, -0.15) is 0 Å². The van der Waals surface area contributed by atoms with Gasteiger partial charge in [0.05, 0.1) is 0 Å². The van der Waals surface area contributed by atoms with Crippen LogP contribution in [0.1, 0.15) is 78.1 Å². The third kappa shape index (κ3) is 3.01. The fourth-order valence-corrected chi connectivity index (χ4v) is 6.04. The van der Waals surface area contributed by atoms with Gasteiger partial charge in [-0.1, -0.05) is 20.3 Å². The van der Waals surface area contributed by atoms with Crippen LogP contribution in [0.4, 0.5) is 0 Å². The van der Waals surface area contributed by atoms with Crippen molar-refractivity contribution in [3.63, 3.8) is 0 Å². The molecule has 0 spiro atoms. The van der Waals surface area contributed by atoms with Gasteiger partial charge in [0, 0.05) is 6.04 Å². The first-order chi connectivity index (χ1) is 9.23. The normalized spacial score (nSPS) is 41.7. The number of hydrogen-bond donors (Lipinski definition) is 1. The van der Waals surface area contributed by atoms with Crippen LogP contribution in [0.25, 0.3) is 0 Å². The molecule has 4 aliphatic rings. The van der Waals surface area contributed by atoms with E-state index in [4.69, 9.17) is 0 Å². The molecule has 1 heteroatoms. The van der Waals surface area contributed by atoms with Gasteiger partial charge in [-0.3, -0.25) is 0 Å². The van der Waals surface area contributed by atoms with E-state index < -0.39 is 0 Å². The number of rotatable bonds is 7. The van der Waals surface area contributed by atoms with E-state index in [0.29, 0.717) is 0 Å². The minimum Gasteiger partial charge on any atom is -0.314 e. The molecule has 0 saturated heterocycles. The summed E-state index contributed by atoms with van der Waals surface area (Å²) >= 11 is 0. The summed E-state index contributed by atoms with van der Waals surface area (Å²) < 4.78 is 0. The molecule has 0 radical (unpaired) electrons. The van der Waals surface area contributed by atoms with Crippen molar-refractivity contribution in [2.45, 2.75) is 84.1 Å². The lowest BCUT2D eigenvalue weighted by Crippen LogP contribution is -2.49. The Morgan fingerprint density at radius 2 is 1.53 bits per heavy atom. The predicted octanol–water partition coefficient (Wildman–Crippen LogP) is 4.76. The SMILES string of the molecule is CCCNC(CCC)CC12CC3CC(CC(C3)C1)C2.